The number of hydrogen-bond acceptors (Lipinski definition) is 6. The lowest BCUT2D eigenvalue weighted by Gasteiger charge is -2.26. The van der Waals surface area contributed by atoms with Gasteiger partial charge in [-0.3, -0.25) is 14.6 Å². The molecule has 0 bridgehead atoms. The molecule has 170 valence electrons. The summed E-state index contributed by atoms with van der Waals surface area (Å²) in [6, 6.07) is 11.5. The zero-order valence-electron chi connectivity index (χ0n) is 19.0. The summed E-state index contributed by atoms with van der Waals surface area (Å²) in [6.07, 6.45) is 2.35. The first-order valence-electron chi connectivity index (χ1n) is 11.2. The van der Waals surface area contributed by atoms with E-state index in [1.807, 2.05) is 13.0 Å². The maximum Gasteiger partial charge on any atom is 0.295 e. The second-order valence-electron chi connectivity index (χ2n) is 7.58. The summed E-state index contributed by atoms with van der Waals surface area (Å²) >= 11 is 0. The van der Waals surface area contributed by atoms with E-state index in [1.165, 1.54) is 4.90 Å². The number of aliphatic hydroxyl groups excluding tert-OH is 1. The van der Waals surface area contributed by atoms with Crippen molar-refractivity contribution in [3.8, 4) is 5.75 Å². The molecule has 7 heteroatoms. The van der Waals surface area contributed by atoms with E-state index in [1.54, 1.807) is 42.6 Å². The van der Waals surface area contributed by atoms with Gasteiger partial charge in [0.1, 0.15) is 17.6 Å². The van der Waals surface area contributed by atoms with Crippen LogP contribution in [0.1, 0.15) is 44.5 Å². The van der Waals surface area contributed by atoms with Crippen molar-refractivity contribution in [2.24, 2.45) is 0 Å². The van der Waals surface area contributed by atoms with Crippen molar-refractivity contribution in [1.29, 1.82) is 0 Å². The van der Waals surface area contributed by atoms with Gasteiger partial charge in [-0.1, -0.05) is 19.9 Å². The number of carbonyl (C=O) groups excluding carboxylic acids is 2. The molecule has 32 heavy (non-hydrogen) atoms. The topological polar surface area (TPSA) is 83.0 Å². The minimum Gasteiger partial charge on any atom is -0.507 e. The number of hydrogen-bond donors (Lipinski definition) is 1. The van der Waals surface area contributed by atoms with Gasteiger partial charge in [-0.25, -0.2) is 0 Å². The summed E-state index contributed by atoms with van der Waals surface area (Å²) in [5.74, 6) is -0.821. The van der Waals surface area contributed by atoms with E-state index < -0.39 is 17.7 Å². The maximum atomic E-state index is 13.0. The summed E-state index contributed by atoms with van der Waals surface area (Å²) in [5.41, 5.74) is 1.08. The highest BCUT2D eigenvalue weighted by Gasteiger charge is 2.46. The van der Waals surface area contributed by atoms with Crippen molar-refractivity contribution in [2.75, 3.05) is 32.8 Å². The Bertz CT molecular complexity index is 953. The van der Waals surface area contributed by atoms with Crippen LogP contribution in [-0.4, -0.2) is 64.4 Å². The van der Waals surface area contributed by atoms with Crippen molar-refractivity contribution >= 4 is 17.4 Å². The molecule has 0 saturated carbocycles. The Labute approximate surface area is 189 Å². The van der Waals surface area contributed by atoms with E-state index in [9.17, 15) is 14.7 Å². The van der Waals surface area contributed by atoms with Crippen LogP contribution in [0.4, 0.5) is 0 Å². The predicted molar refractivity (Wildman–Crippen MR) is 123 cm³/mol. The molecular formula is C25H31N3O4. The minimum absolute atomic E-state index is 0.0701. The standard InChI is InChI=1S/C25H31N3O4/c1-4-27(5-2)16-9-17-28-22(20-10-7-8-15-26-20)21(24(30)25(28)31)23(29)18-11-13-19(14-12-18)32-6-3/h7-8,10-15,22,29H,4-6,9,16-17H2,1-3H3/b23-21+/t22-/m0/s1. The lowest BCUT2D eigenvalue weighted by molar-refractivity contribution is -0.140. The molecular weight excluding hydrogens is 406 g/mol. The normalized spacial score (nSPS) is 17.9. The molecule has 1 N–H and O–H groups in total. The lowest BCUT2D eigenvalue weighted by Crippen LogP contribution is -2.33. The number of carbonyl (C=O) groups is 2. The van der Waals surface area contributed by atoms with Gasteiger partial charge in [-0.15, -0.1) is 0 Å². The monoisotopic (exact) mass is 437 g/mol. The second kappa shape index (κ2) is 10.9. The van der Waals surface area contributed by atoms with Crippen molar-refractivity contribution in [1.82, 2.24) is 14.8 Å². The molecule has 1 amide bonds. The van der Waals surface area contributed by atoms with Gasteiger partial charge in [0.25, 0.3) is 11.7 Å². The fourth-order valence-corrected chi connectivity index (χ4v) is 3.99. The first-order chi connectivity index (χ1) is 15.5. The molecule has 1 fully saturated rings. The summed E-state index contributed by atoms with van der Waals surface area (Å²) < 4.78 is 5.45. The number of ether oxygens (including phenoxy) is 1. The van der Waals surface area contributed by atoms with Gasteiger partial charge in [0.15, 0.2) is 0 Å². The molecule has 0 radical (unpaired) electrons. The van der Waals surface area contributed by atoms with E-state index >= 15 is 0 Å². The number of Topliss-reactive ketones (excluding diaryl/α,β-unsaturated/α-hetero) is 1. The molecule has 3 rings (SSSR count). The number of benzene rings is 1. The lowest BCUT2D eigenvalue weighted by atomic mass is 9.98. The quantitative estimate of drug-likeness (QED) is 0.347. The molecule has 1 saturated heterocycles. The molecule has 0 spiro atoms. The van der Waals surface area contributed by atoms with Gasteiger partial charge in [0.05, 0.1) is 17.9 Å². The number of rotatable bonds is 10. The molecule has 7 nitrogen and oxygen atoms in total. The third-order valence-corrected chi connectivity index (χ3v) is 5.71. The minimum atomic E-state index is -0.723. The molecule has 0 unspecified atom stereocenters. The Morgan fingerprint density at radius 2 is 1.81 bits per heavy atom. The predicted octanol–water partition coefficient (Wildman–Crippen LogP) is 3.63. The number of likely N-dealkylation sites (tertiary alicyclic amines) is 1. The zero-order chi connectivity index (χ0) is 23.1. The maximum absolute atomic E-state index is 13.0. The van der Waals surface area contributed by atoms with Crippen molar-refractivity contribution < 1.29 is 19.4 Å². The van der Waals surface area contributed by atoms with Crippen LogP contribution >= 0.6 is 0 Å². The Morgan fingerprint density at radius 1 is 1.09 bits per heavy atom. The highest BCUT2D eigenvalue weighted by molar-refractivity contribution is 6.46. The van der Waals surface area contributed by atoms with Crippen molar-refractivity contribution in [3.63, 3.8) is 0 Å². The van der Waals surface area contributed by atoms with Gasteiger partial charge < -0.3 is 19.6 Å². The highest BCUT2D eigenvalue weighted by atomic mass is 16.5. The van der Waals surface area contributed by atoms with E-state index in [0.717, 1.165) is 26.1 Å². The number of amides is 1. The largest absolute Gasteiger partial charge is 0.507 e. The Balaban J connectivity index is 1.97. The Kier molecular flexibility index (Phi) is 8.00. The number of pyridine rings is 1. The SMILES string of the molecule is CCOc1ccc(/C(O)=C2\C(=O)C(=O)N(CCCN(CC)CC)[C@H]2c2ccccn2)cc1. The van der Waals surface area contributed by atoms with Gasteiger partial charge >= 0.3 is 0 Å². The smallest absolute Gasteiger partial charge is 0.295 e. The van der Waals surface area contributed by atoms with Crippen LogP contribution in [-0.2, 0) is 9.59 Å². The average molecular weight is 438 g/mol. The van der Waals surface area contributed by atoms with Gasteiger partial charge in [-0.2, -0.15) is 0 Å². The summed E-state index contributed by atoms with van der Waals surface area (Å²) in [5, 5.41) is 11.1. The van der Waals surface area contributed by atoms with Gasteiger partial charge in [0, 0.05) is 18.3 Å². The summed E-state index contributed by atoms with van der Waals surface area (Å²) in [4.78, 5) is 34.2. The van der Waals surface area contributed by atoms with Crippen LogP contribution in [0.25, 0.3) is 5.76 Å². The molecule has 1 atom stereocenters. The molecule has 1 aliphatic heterocycles. The third kappa shape index (κ3) is 4.99. The molecule has 0 aliphatic carbocycles. The van der Waals surface area contributed by atoms with Crippen LogP contribution in [0.15, 0.2) is 54.2 Å². The average Bonchev–Trinajstić information content (AvgIpc) is 3.07. The molecule has 1 aromatic heterocycles. The number of aromatic nitrogens is 1. The van der Waals surface area contributed by atoms with Crippen LogP contribution in [0.3, 0.4) is 0 Å². The molecule has 1 aromatic carbocycles. The van der Waals surface area contributed by atoms with Crippen LogP contribution < -0.4 is 4.74 Å². The summed E-state index contributed by atoms with van der Waals surface area (Å²) in [7, 11) is 0. The summed E-state index contributed by atoms with van der Waals surface area (Å²) in [6.45, 7) is 9.70. The van der Waals surface area contributed by atoms with E-state index in [-0.39, 0.29) is 11.3 Å². The van der Waals surface area contributed by atoms with Crippen LogP contribution in [0, 0.1) is 0 Å². The van der Waals surface area contributed by atoms with Gasteiger partial charge in [-0.05, 0) is 69.4 Å². The fourth-order valence-electron chi connectivity index (χ4n) is 3.99. The van der Waals surface area contributed by atoms with Crippen molar-refractivity contribution in [3.05, 3.63) is 65.5 Å². The first kappa shape index (κ1) is 23.5. The van der Waals surface area contributed by atoms with E-state index in [4.69, 9.17) is 4.74 Å². The number of nitrogens with zero attached hydrogens (tertiary/aromatic N) is 3. The molecule has 1 aliphatic rings. The zero-order valence-corrected chi connectivity index (χ0v) is 19.0. The van der Waals surface area contributed by atoms with Crippen LogP contribution in [0.5, 0.6) is 5.75 Å². The van der Waals surface area contributed by atoms with Gasteiger partial charge in [0.2, 0.25) is 0 Å². The molecule has 2 aromatic rings. The van der Waals surface area contributed by atoms with E-state index in [0.29, 0.717) is 30.2 Å². The van der Waals surface area contributed by atoms with Crippen LogP contribution in [0.2, 0.25) is 0 Å². The second-order valence-corrected chi connectivity index (χ2v) is 7.58. The van der Waals surface area contributed by atoms with Crippen molar-refractivity contribution in [2.45, 2.75) is 33.2 Å². The third-order valence-electron chi connectivity index (χ3n) is 5.71. The fraction of sp³-hybridized carbons (Fsp3) is 0.400. The first-order valence-corrected chi connectivity index (χ1v) is 11.2. The molecule has 2 heterocycles. The number of ketones is 1. The van der Waals surface area contributed by atoms with E-state index in [2.05, 4.69) is 23.7 Å². The highest BCUT2D eigenvalue weighted by Crippen LogP contribution is 2.38. The Hall–Kier alpha value is -3.19. The Morgan fingerprint density at radius 3 is 2.41 bits per heavy atom. The number of aliphatic hydroxyl groups is 1.